The second-order valence-corrected chi connectivity index (χ2v) is 14.0. The third kappa shape index (κ3) is 5.91. The number of aryl methyl sites for hydroxylation is 2. The Morgan fingerprint density at radius 1 is 0.953 bits per heavy atom. The Balaban J connectivity index is 1.42. The van der Waals surface area contributed by atoms with E-state index in [-0.39, 0.29) is 23.0 Å². The highest BCUT2D eigenvalue weighted by molar-refractivity contribution is 6.31. The van der Waals surface area contributed by atoms with Crippen LogP contribution in [0.3, 0.4) is 0 Å². The number of ether oxygens (including phenoxy) is 1. The topological polar surface area (TPSA) is 96.7 Å². The van der Waals surface area contributed by atoms with Crippen LogP contribution in [0.2, 0.25) is 5.02 Å². The molecule has 0 saturated carbocycles. The predicted octanol–water partition coefficient (Wildman–Crippen LogP) is 8.05. The van der Waals surface area contributed by atoms with Crippen molar-refractivity contribution in [2.45, 2.75) is 84.2 Å². The number of Topliss-reactive ketones (excluding diaryl/α,β-unsaturated/α-hetero) is 1. The maximum absolute atomic E-state index is 13.3. The number of nitrogens with zero attached hydrogens (tertiary/aromatic N) is 1. The van der Waals surface area contributed by atoms with Gasteiger partial charge in [-0.2, -0.15) is 0 Å². The molecule has 2 N–H and O–H groups in total. The van der Waals surface area contributed by atoms with Crippen molar-refractivity contribution in [3.63, 3.8) is 0 Å². The molecule has 2 unspecified atom stereocenters. The van der Waals surface area contributed by atoms with E-state index in [4.69, 9.17) is 21.3 Å². The number of halogens is 1. The number of aliphatic hydroxyl groups excluding tert-OH is 1. The normalized spacial score (nSPS) is 16.9. The fourth-order valence-corrected chi connectivity index (χ4v) is 5.93. The van der Waals surface area contributed by atoms with E-state index >= 15 is 0 Å². The van der Waals surface area contributed by atoms with Gasteiger partial charge in [-0.25, -0.2) is 4.98 Å². The highest BCUT2D eigenvalue weighted by Crippen LogP contribution is 2.44. The number of carbonyl (C=O) groups is 2. The van der Waals surface area contributed by atoms with Crippen LogP contribution in [0.1, 0.15) is 104 Å². The lowest BCUT2D eigenvalue weighted by atomic mass is 9.78. The average molecular weight is 600 g/mol. The molecule has 1 aliphatic carbocycles. The van der Waals surface area contributed by atoms with Crippen LogP contribution >= 0.6 is 11.6 Å². The first-order chi connectivity index (χ1) is 20.1. The third-order valence-electron chi connectivity index (χ3n) is 8.17. The molecule has 3 aromatic carbocycles. The van der Waals surface area contributed by atoms with Crippen LogP contribution < -0.4 is 4.74 Å². The summed E-state index contributed by atoms with van der Waals surface area (Å²) >= 11 is 6.11. The maximum atomic E-state index is 13.3. The van der Waals surface area contributed by atoms with Gasteiger partial charge in [-0.05, 0) is 70.2 Å². The molecule has 43 heavy (non-hydrogen) atoms. The smallest absolute Gasteiger partial charge is 0.311 e. The van der Waals surface area contributed by atoms with E-state index in [2.05, 4.69) is 41.5 Å². The van der Waals surface area contributed by atoms with Crippen molar-refractivity contribution >= 4 is 34.3 Å². The molecule has 6 nitrogen and oxygen atoms in total. The van der Waals surface area contributed by atoms with Crippen molar-refractivity contribution in [2.24, 2.45) is 0 Å². The van der Waals surface area contributed by atoms with Gasteiger partial charge in [0.2, 0.25) is 0 Å². The molecule has 2 atom stereocenters. The fourth-order valence-electron chi connectivity index (χ4n) is 5.76. The molecular formula is C36H38ClNO5. The number of carbonyl (C=O) groups excluding carboxylic acids is 2. The molecule has 1 aromatic heterocycles. The molecule has 224 valence electrons. The maximum Gasteiger partial charge on any atom is 0.311 e. The molecule has 1 heterocycles. The lowest BCUT2D eigenvalue weighted by molar-refractivity contribution is -0.134. The Labute approximate surface area is 257 Å². The highest BCUT2D eigenvalue weighted by Gasteiger charge is 2.41. The number of hydrogen-bond donors (Lipinski definition) is 2. The lowest BCUT2D eigenvalue weighted by Crippen LogP contribution is -2.18. The third-order valence-corrected chi connectivity index (χ3v) is 8.40. The summed E-state index contributed by atoms with van der Waals surface area (Å²) in [4.78, 5) is 31.3. The van der Waals surface area contributed by atoms with Gasteiger partial charge in [0.05, 0.1) is 17.7 Å². The molecule has 4 aromatic rings. The minimum atomic E-state index is -1.05. The molecule has 0 saturated heterocycles. The van der Waals surface area contributed by atoms with Crippen LogP contribution in [0.25, 0.3) is 10.9 Å². The van der Waals surface area contributed by atoms with Crippen LogP contribution in [-0.4, -0.2) is 26.9 Å². The minimum absolute atomic E-state index is 0.128. The molecular weight excluding hydrogens is 562 g/mol. The van der Waals surface area contributed by atoms with Gasteiger partial charge >= 0.3 is 5.97 Å². The average Bonchev–Trinajstić information content (AvgIpc) is 3.16. The summed E-state index contributed by atoms with van der Waals surface area (Å²) < 4.78 is 5.93. The second kappa shape index (κ2) is 11.1. The zero-order valence-corrected chi connectivity index (χ0v) is 26.5. The number of ketones is 1. The highest BCUT2D eigenvalue weighted by atomic mass is 35.5. The van der Waals surface area contributed by atoms with Crippen molar-refractivity contribution in [1.82, 2.24) is 4.98 Å². The summed E-state index contributed by atoms with van der Waals surface area (Å²) in [6, 6.07) is 16.2. The Bertz CT molecular complexity index is 1730. The Kier molecular flexibility index (Phi) is 7.91. The summed E-state index contributed by atoms with van der Waals surface area (Å²) in [5.74, 6) is -0.908. The van der Waals surface area contributed by atoms with Crippen LogP contribution in [0, 0.1) is 6.92 Å². The fraction of sp³-hybridized carbons (Fsp3) is 0.361. The zero-order chi connectivity index (χ0) is 31.4. The molecule has 0 aliphatic heterocycles. The molecule has 0 amide bonds. The molecule has 7 heteroatoms. The number of aromatic hydroxyl groups is 1. The standard InChI is InChI=1S/C36H38ClNO5/c1-19-8-10-21-11-14-27(29-31(40)23-13-12-22(37)18-24(23)32(29)41)38-30(21)34(19)43-28(39)15-9-20-16-25(35(2,3)4)33(42)26(17-20)36(5,6)7/h8,10-14,16-18,29,31,40,42H,9,15H2,1-7H3. The van der Waals surface area contributed by atoms with Gasteiger partial charge in [0.25, 0.3) is 0 Å². The van der Waals surface area contributed by atoms with Crippen molar-refractivity contribution in [2.75, 3.05) is 0 Å². The largest absolute Gasteiger partial charge is 0.507 e. The molecule has 0 fully saturated rings. The number of phenolic OH excluding ortho intramolecular Hbond substituents is 1. The first-order valence-corrected chi connectivity index (χ1v) is 14.9. The van der Waals surface area contributed by atoms with E-state index in [1.807, 2.05) is 37.3 Å². The first-order valence-electron chi connectivity index (χ1n) is 14.6. The van der Waals surface area contributed by atoms with E-state index in [0.717, 1.165) is 27.6 Å². The van der Waals surface area contributed by atoms with Gasteiger partial charge in [0, 0.05) is 22.4 Å². The van der Waals surface area contributed by atoms with Crippen molar-refractivity contribution in [3.05, 3.63) is 98.7 Å². The number of esters is 1. The number of pyridine rings is 1. The number of aromatic nitrogens is 1. The van der Waals surface area contributed by atoms with E-state index in [1.54, 1.807) is 24.3 Å². The summed E-state index contributed by atoms with van der Waals surface area (Å²) in [5.41, 5.74) is 4.59. The summed E-state index contributed by atoms with van der Waals surface area (Å²) in [5, 5.41) is 23.2. The Morgan fingerprint density at radius 3 is 2.21 bits per heavy atom. The van der Waals surface area contributed by atoms with Crippen molar-refractivity contribution < 1.29 is 24.5 Å². The van der Waals surface area contributed by atoms with Crippen LogP contribution in [-0.2, 0) is 22.0 Å². The van der Waals surface area contributed by atoms with Crippen LogP contribution in [0.4, 0.5) is 0 Å². The first kappa shape index (κ1) is 30.7. The van der Waals surface area contributed by atoms with Crippen LogP contribution in [0.5, 0.6) is 11.5 Å². The molecule has 1 aliphatic rings. The van der Waals surface area contributed by atoms with E-state index in [9.17, 15) is 19.8 Å². The number of aliphatic hydroxyl groups is 1. The van der Waals surface area contributed by atoms with Gasteiger partial charge in [-0.1, -0.05) is 89.5 Å². The zero-order valence-electron chi connectivity index (χ0n) is 25.7. The molecule has 0 radical (unpaired) electrons. The van der Waals surface area contributed by atoms with Crippen molar-refractivity contribution in [3.8, 4) is 11.5 Å². The van der Waals surface area contributed by atoms with Gasteiger partial charge in [-0.3, -0.25) is 9.59 Å². The number of rotatable bonds is 5. The molecule has 0 spiro atoms. The number of phenols is 1. The second-order valence-electron chi connectivity index (χ2n) is 13.6. The van der Waals surface area contributed by atoms with Gasteiger partial charge in [-0.15, -0.1) is 0 Å². The number of benzene rings is 3. The quantitative estimate of drug-likeness (QED) is 0.178. The summed E-state index contributed by atoms with van der Waals surface area (Å²) in [6.45, 7) is 14.2. The summed E-state index contributed by atoms with van der Waals surface area (Å²) in [6.07, 6.45) is -0.484. The van der Waals surface area contributed by atoms with E-state index < -0.39 is 18.0 Å². The SMILES string of the molecule is Cc1ccc2ccc(C3C(=O)c4cc(Cl)ccc4C3O)nc2c1OC(=O)CCc1cc(C(C)(C)C)c(O)c(C(C)(C)C)c1. The summed E-state index contributed by atoms with van der Waals surface area (Å²) in [7, 11) is 0. The molecule has 0 bridgehead atoms. The van der Waals surface area contributed by atoms with E-state index in [1.165, 1.54) is 0 Å². The Morgan fingerprint density at radius 2 is 1.58 bits per heavy atom. The number of fused-ring (bicyclic) bond motifs is 2. The van der Waals surface area contributed by atoms with Crippen molar-refractivity contribution in [1.29, 1.82) is 0 Å². The monoisotopic (exact) mass is 599 g/mol. The van der Waals surface area contributed by atoms with Gasteiger partial charge < -0.3 is 14.9 Å². The Hall–Kier alpha value is -3.74. The van der Waals surface area contributed by atoms with Gasteiger partial charge in [0.1, 0.15) is 11.3 Å². The van der Waals surface area contributed by atoms with Crippen LogP contribution in [0.15, 0.2) is 54.6 Å². The van der Waals surface area contributed by atoms with E-state index in [0.29, 0.717) is 45.3 Å². The lowest BCUT2D eigenvalue weighted by Gasteiger charge is -2.28. The minimum Gasteiger partial charge on any atom is -0.507 e. The predicted molar refractivity (Wildman–Crippen MR) is 169 cm³/mol. The molecule has 5 rings (SSSR count). The van der Waals surface area contributed by atoms with Gasteiger partial charge in [0.15, 0.2) is 11.5 Å². The number of hydrogen-bond acceptors (Lipinski definition) is 6.